The summed E-state index contributed by atoms with van der Waals surface area (Å²) in [7, 11) is 0. The van der Waals surface area contributed by atoms with Gasteiger partial charge < -0.3 is 5.32 Å². The predicted molar refractivity (Wildman–Crippen MR) is 69.8 cm³/mol. The van der Waals surface area contributed by atoms with Crippen LogP contribution in [-0.4, -0.2) is 20.9 Å². The van der Waals surface area contributed by atoms with Crippen LogP contribution < -0.4 is 5.32 Å². The zero-order valence-corrected chi connectivity index (χ0v) is 10.6. The Morgan fingerprint density at radius 2 is 2.17 bits per heavy atom. The maximum Gasteiger partial charge on any atom is 0.221 e. The van der Waals surface area contributed by atoms with Gasteiger partial charge in [0.25, 0.3) is 0 Å². The molecule has 5 heteroatoms. The Morgan fingerprint density at radius 3 is 3.00 bits per heavy atom. The van der Waals surface area contributed by atoms with Crippen LogP contribution in [0.4, 0.5) is 0 Å². The van der Waals surface area contributed by atoms with Crippen molar-refractivity contribution in [3.63, 3.8) is 0 Å². The monoisotopic (exact) mass is 246 g/mol. The molecule has 0 unspecified atom stereocenters. The highest BCUT2D eigenvalue weighted by molar-refractivity contribution is 5.76. The molecule has 96 valence electrons. The van der Waals surface area contributed by atoms with Crippen molar-refractivity contribution in [3.8, 4) is 0 Å². The molecule has 0 atom stereocenters. The van der Waals surface area contributed by atoms with Gasteiger partial charge in [0.1, 0.15) is 12.2 Å². The molecule has 0 spiro atoms. The minimum Gasteiger partial charge on any atom is -0.337 e. The van der Waals surface area contributed by atoms with Gasteiger partial charge in [-0.2, -0.15) is 0 Å². The standard InChI is InChI=1S/C13H18N4O/c1-2-3-4-9-13(18)14-10-17-12-8-6-5-7-11(12)15-16-17/h5-8H,2-4,9-10H2,1H3,(H,14,18). The third-order valence-electron chi connectivity index (χ3n) is 2.85. The Morgan fingerprint density at radius 1 is 1.33 bits per heavy atom. The lowest BCUT2D eigenvalue weighted by atomic mass is 10.2. The summed E-state index contributed by atoms with van der Waals surface area (Å²) in [5.41, 5.74) is 1.78. The molecule has 1 amide bonds. The van der Waals surface area contributed by atoms with E-state index in [0.717, 1.165) is 30.3 Å². The third-order valence-corrected chi connectivity index (χ3v) is 2.85. The van der Waals surface area contributed by atoms with Crippen molar-refractivity contribution in [2.45, 2.75) is 39.3 Å². The summed E-state index contributed by atoms with van der Waals surface area (Å²) in [6, 6.07) is 7.70. The minimum atomic E-state index is 0.0723. The highest BCUT2D eigenvalue weighted by Gasteiger charge is 2.04. The van der Waals surface area contributed by atoms with Crippen LogP contribution in [-0.2, 0) is 11.5 Å². The fourth-order valence-electron chi connectivity index (χ4n) is 1.82. The number of rotatable bonds is 6. The summed E-state index contributed by atoms with van der Waals surface area (Å²) >= 11 is 0. The van der Waals surface area contributed by atoms with E-state index in [1.807, 2.05) is 24.3 Å². The molecule has 2 aromatic rings. The van der Waals surface area contributed by atoms with E-state index in [4.69, 9.17) is 0 Å². The van der Waals surface area contributed by atoms with Crippen LogP contribution in [0.15, 0.2) is 24.3 Å². The van der Waals surface area contributed by atoms with Crippen LogP contribution in [0.2, 0.25) is 0 Å². The first-order valence-corrected chi connectivity index (χ1v) is 6.36. The lowest BCUT2D eigenvalue weighted by molar-refractivity contribution is -0.121. The predicted octanol–water partition coefficient (Wildman–Crippen LogP) is 2.09. The molecular weight excluding hydrogens is 228 g/mol. The Kier molecular flexibility index (Phi) is 4.28. The summed E-state index contributed by atoms with van der Waals surface area (Å²) < 4.78 is 1.70. The fraction of sp³-hybridized carbons (Fsp3) is 0.462. The van der Waals surface area contributed by atoms with Gasteiger partial charge in [-0.15, -0.1) is 5.10 Å². The number of fused-ring (bicyclic) bond motifs is 1. The number of carbonyl (C=O) groups is 1. The molecule has 1 heterocycles. The van der Waals surface area contributed by atoms with Crippen molar-refractivity contribution in [1.29, 1.82) is 0 Å². The van der Waals surface area contributed by atoms with Crippen LogP contribution in [0.1, 0.15) is 32.6 Å². The molecule has 1 aromatic carbocycles. The van der Waals surface area contributed by atoms with Crippen LogP contribution >= 0.6 is 0 Å². The highest BCUT2D eigenvalue weighted by Crippen LogP contribution is 2.08. The van der Waals surface area contributed by atoms with Crippen molar-refractivity contribution in [1.82, 2.24) is 20.3 Å². The van der Waals surface area contributed by atoms with E-state index < -0.39 is 0 Å². The van der Waals surface area contributed by atoms with Crippen molar-refractivity contribution in [2.75, 3.05) is 0 Å². The van der Waals surface area contributed by atoms with Gasteiger partial charge in [-0.3, -0.25) is 4.79 Å². The van der Waals surface area contributed by atoms with Gasteiger partial charge in [0.2, 0.25) is 5.91 Å². The number of hydrogen-bond donors (Lipinski definition) is 1. The van der Waals surface area contributed by atoms with Gasteiger partial charge in [-0.25, -0.2) is 4.68 Å². The van der Waals surface area contributed by atoms with E-state index in [1.165, 1.54) is 0 Å². The molecule has 0 aliphatic carbocycles. The second-order valence-electron chi connectivity index (χ2n) is 4.29. The Bertz CT molecular complexity index is 520. The molecule has 0 saturated carbocycles. The molecule has 2 rings (SSSR count). The second-order valence-corrected chi connectivity index (χ2v) is 4.29. The number of hydrogen-bond acceptors (Lipinski definition) is 3. The normalized spacial score (nSPS) is 10.7. The number of nitrogens with one attached hydrogen (secondary N) is 1. The average Bonchev–Trinajstić information content (AvgIpc) is 2.80. The number of aromatic nitrogens is 3. The molecule has 1 aromatic heterocycles. The first-order valence-electron chi connectivity index (χ1n) is 6.36. The van der Waals surface area contributed by atoms with Crippen LogP contribution in [0.5, 0.6) is 0 Å². The lowest BCUT2D eigenvalue weighted by Crippen LogP contribution is -2.26. The first-order chi connectivity index (χ1) is 8.81. The summed E-state index contributed by atoms with van der Waals surface area (Å²) in [6.07, 6.45) is 3.75. The molecule has 18 heavy (non-hydrogen) atoms. The van der Waals surface area contributed by atoms with Gasteiger partial charge >= 0.3 is 0 Å². The lowest BCUT2D eigenvalue weighted by Gasteiger charge is -2.05. The van der Waals surface area contributed by atoms with Gasteiger partial charge in [-0.1, -0.05) is 37.1 Å². The van der Waals surface area contributed by atoms with E-state index >= 15 is 0 Å². The molecule has 1 N–H and O–H groups in total. The largest absolute Gasteiger partial charge is 0.337 e. The zero-order valence-electron chi connectivity index (χ0n) is 10.6. The summed E-state index contributed by atoms with van der Waals surface area (Å²) in [5, 5.41) is 10.9. The van der Waals surface area contributed by atoms with E-state index in [-0.39, 0.29) is 5.91 Å². The number of carbonyl (C=O) groups excluding carboxylic acids is 1. The van der Waals surface area contributed by atoms with Gasteiger partial charge in [0, 0.05) is 6.42 Å². The average molecular weight is 246 g/mol. The van der Waals surface area contributed by atoms with Crippen LogP contribution in [0, 0.1) is 0 Å². The van der Waals surface area contributed by atoms with Gasteiger partial charge in [0.15, 0.2) is 0 Å². The second kappa shape index (κ2) is 6.14. The topological polar surface area (TPSA) is 59.8 Å². The van der Waals surface area contributed by atoms with Crippen molar-refractivity contribution in [2.24, 2.45) is 0 Å². The van der Waals surface area contributed by atoms with Crippen molar-refractivity contribution < 1.29 is 4.79 Å². The van der Waals surface area contributed by atoms with E-state index in [2.05, 4.69) is 22.6 Å². The minimum absolute atomic E-state index is 0.0723. The van der Waals surface area contributed by atoms with Gasteiger partial charge in [-0.05, 0) is 18.6 Å². The molecule has 5 nitrogen and oxygen atoms in total. The van der Waals surface area contributed by atoms with Crippen LogP contribution in [0.3, 0.4) is 0 Å². The molecule has 0 fully saturated rings. The summed E-state index contributed by atoms with van der Waals surface area (Å²) in [6.45, 7) is 2.50. The maximum atomic E-state index is 11.6. The Balaban J connectivity index is 1.88. The van der Waals surface area contributed by atoms with Gasteiger partial charge in [0.05, 0.1) is 5.52 Å². The van der Waals surface area contributed by atoms with E-state index in [9.17, 15) is 4.79 Å². The number of para-hydroxylation sites is 1. The quantitative estimate of drug-likeness (QED) is 0.794. The SMILES string of the molecule is CCCCCC(=O)NCn1nnc2ccccc21. The molecular formula is C13H18N4O. The van der Waals surface area contributed by atoms with E-state index in [0.29, 0.717) is 13.1 Å². The third kappa shape index (κ3) is 3.06. The Hall–Kier alpha value is -1.91. The zero-order chi connectivity index (χ0) is 12.8. The maximum absolute atomic E-state index is 11.6. The molecule has 0 aliphatic rings. The number of nitrogens with zero attached hydrogens (tertiary/aromatic N) is 3. The molecule has 0 radical (unpaired) electrons. The molecule has 0 saturated heterocycles. The van der Waals surface area contributed by atoms with Crippen molar-refractivity contribution >= 4 is 16.9 Å². The summed E-state index contributed by atoms with van der Waals surface area (Å²) in [4.78, 5) is 11.6. The number of unbranched alkanes of at least 4 members (excludes halogenated alkanes) is 2. The first kappa shape index (κ1) is 12.5. The molecule has 0 aliphatic heterocycles. The van der Waals surface area contributed by atoms with Crippen LogP contribution in [0.25, 0.3) is 11.0 Å². The number of benzene rings is 1. The molecule has 0 bridgehead atoms. The summed E-state index contributed by atoms with van der Waals surface area (Å²) in [5.74, 6) is 0.0723. The van der Waals surface area contributed by atoms with Crippen molar-refractivity contribution in [3.05, 3.63) is 24.3 Å². The fourth-order valence-corrected chi connectivity index (χ4v) is 1.82. The number of amides is 1. The van der Waals surface area contributed by atoms with E-state index in [1.54, 1.807) is 4.68 Å². The Labute approximate surface area is 106 Å². The highest BCUT2D eigenvalue weighted by atomic mass is 16.1. The smallest absolute Gasteiger partial charge is 0.221 e.